The van der Waals surface area contributed by atoms with E-state index in [1.54, 1.807) is 0 Å². The van der Waals surface area contributed by atoms with E-state index in [-0.39, 0.29) is 5.97 Å². The summed E-state index contributed by atoms with van der Waals surface area (Å²) in [6.45, 7) is 5.25. The van der Waals surface area contributed by atoms with Gasteiger partial charge in [-0.3, -0.25) is 0 Å². The van der Waals surface area contributed by atoms with E-state index in [0.29, 0.717) is 23.4 Å². The smallest absolute Gasteiger partial charge is 0.338 e. The normalized spacial score (nSPS) is 17.8. The van der Waals surface area contributed by atoms with Crippen molar-refractivity contribution in [2.75, 3.05) is 13.7 Å². The van der Waals surface area contributed by atoms with Crippen LogP contribution in [0.2, 0.25) is 0 Å². The van der Waals surface area contributed by atoms with Crippen molar-refractivity contribution in [2.24, 2.45) is 5.92 Å². The Balaban J connectivity index is 1.26. The largest absolute Gasteiger partial charge is 0.465 e. The molecule has 37 heavy (non-hydrogen) atoms. The topological polar surface area (TPSA) is 38.3 Å². The van der Waals surface area contributed by atoms with Crippen molar-refractivity contribution in [1.82, 2.24) is 5.32 Å². The Morgan fingerprint density at radius 2 is 1.78 bits per heavy atom. The number of aryl methyl sites for hydroxylation is 1. The first kappa shape index (κ1) is 25.2. The number of ether oxygens (including phenoxy) is 1. The highest BCUT2D eigenvalue weighted by Crippen LogP contribution is 2.41. The Hall–Kier alpha value is -3.43. The summed E-state index contributed by atoms with van der Waals surface area (Å²) < 4.78 is 5.04. The van der Waals surface area contributed by atoms with E-state index in [0.717, 1.165) is 31.4 Å². The molecule has 0 aromatic heterocycles. The minimum Gasteiger partial charge on any atom is -0.465 e. The summed E-state index contributed by atoms with van der Waals surface area (Å²) in [4.78, 5) is 12.4. The summed E-state index contributed by atoms with van der Waals surface area (Å²) in [6, 6.07) is 30.7. The first-order valence-corrected chi connectivity index (χ1v) is 13.5. The van der Waals surface area contributed by atoms with Crippen molar-refractivity contribution < 1.29 is 9.53 Å². The third-order valence-corrected chi connectivity index (χ3v) is 8.11. The molecule has 190 valence electrons. The number of nitrogens with one attached hydrogen (secondary N) is 1. The third kappa shape index (κ3) is 5.47. The summed E-state index contributed by atoms with van der Waals surface area (Å²) in [5.41, 5.74) is 7.06. The van der Waals surface area contributed by atoms with Crippen molar-refractivity contribution in [3.8, 4) is 0 Å². The standard InChI is InChI=1S/C34H37NO2/c1-23-17-18-28(22-32(23)34(36)37-3)33-21-25(20-27-12-5-7-15-31(27)33)10-9-19-35-24(2)29-16-8-13-26-11-4-6-14-30(26)29/h4-8,11-18,22,24-25,33,35H,9-10,19-21H2,1-3H3/t24-,25+,33?/m1/s1. The molecule has 1 aliphatic carbocycles. The van der Waals surface area contributed by atoms with Crippen LogP contribution in [0, 0.1) is 12.8 Å². The Labute approximate surface area is 220 Å². The fourth-order valence-electron chi connectivity index (χ4n) is 6.08. The number of methoxy groups -OCH3 is 1. The molecular formula is C34H37NO2. The molecule has 0 saturated heterocycles. The van der Waals surface area contributed by atoms with Gasteiger partial charge in [-0.1, -0.05) is 78.9 Å². The fraction of sp³-hybridized carbons (Fsp3) is 0.324. The second-order valence-electron chi connectivity index (χ2n) is 10.5. The van der Waals surface area contributed by atoms with Gasteiger partial charge in [-0.15, -0.1) is 0 Å². The van der Waals surface area contributed by atoms with E-state index in [4.69, 9.17) is 4.74 Å². The molecule has 5 rings (SSSR count). The van der Waals surface area contributed by atoms with E-state index in [9.17, 15) is 4.79 Å². The number of hydrogen-bond acceptors (Lipinski definition) is 3. The van der Waals surface area contributed by atoms with Gasteiger partial charge in [0.1, 0.15) is 0 Å². The van der Waals surface area contributed by atoms with E-state index < -0.39 is 0 Å². The zero-order valence-corrected chi connectivity index (χ0v) is 22.2. The van der Waals surface area contributed by atoms with E-state index in [1.165, 1.54) is 46.6 Å². The lowest BCUT2D eigenvalue weighted by atomic mass is 9.72. The molecule has 1 unspecified atom stereocenters. The van der Waals surface area contributed by atoms with E-state index in [1.807, 2.05) is 6.92 Å². The van der Waals surface area contributed by atoms with Gasteiger partial charge in [0.05, 0.1) is 12.7 Å². The SMILES string of the molecule is COC(=O)c1cc(C2C[C@@H](CCCN[C@H](C)c3cccc4ccccc34)Cc3ccccc32)ccc1C. The van der Waals surface area contributed by atoms with Gasteiger partial charge < -0.3 is 10.1 Å². The summed E-state index contributed by atoms with van der Waals surface area (Å²) in [5, 5.41) is 6.41. The molecule has 0 aliphatic heterocycles. The highest BCUT2D eigenvalue weighted by atomic mass is 16.5. The number of benzene rings is 4. The Bertz CT molecular complexity index is 1390. The molecule has 3 nitrogen and oxygen atoms in total. The van der Waals surface area contributed by atoms with Gasteiger partial charge in [0.2, 0.25) is 0 Å². The third-order valence-electron chi connectivity index (χ3n) is 8.11. The number of carbonyl (C=O) groups excluding carboxylic acids is 1. The van der Waals surface area contributed by atoms with Crippen LogP contribution in [0.15, 0.2) is 84.9 Å². The van der Waals surface area contributed by atoms with E-state index >= 15 is 0 Å². The van der Waals surface area contributed by atoms with Crippen LogP contribution in [-0.4, -0.2) is 19.6 Å². The number of rotatable bonds is 8. The van der Waals surface area contributed by atoms with Crippen molar-refractivity contribution in [3.63, 3.8) is 0 Å². The maximum Gasteiger partial charge on any atom is 0.338 e. The average molecular weight is 492 g/mol. The Morgan fingerprint density at radius 3 is 2.65 bits per heavy atom. The van der Waals surface area contributed by atoms with Crippen LogP contribution in [0.1, 0.15) is 76.3 Å². The monoisotopic (exact) mass is 491 g/mol. The molecule has 1 aliphatic rings. The molecule has 0 heterocycles. The minimum atomic E-state index is -0.258. The van der Waals surface area contributed by atoms with Gasteiger partial charge in [0.15, 0.2) is 0 Å². The molecule has 0 bridgehead atoms. The van der Waals surface area contributed by atoms with Crippen molar-refractivity contribution in [3.05, 3.63) is 118 Å². The molecule has 4 aromatic rings. The zero-order valence-electron chi connectivity index (χ0n) is 22.2. The summed E-state index contributed by atoms with van der Waals surface area (Å²) >= 11 is 0. The number of fused-ring (bicyclic) bond motifs is 2. The van der Waals surface area contributed by atoms with Crippen LogP contribution >= 0.6 is 0 Å². The lowest BCUT2D eigenvalue weighted by Crippen LogP contribution is -2.23. The highest BCUT2D eigenvalue weighted by Gasteiger charge is 2.28. The van der Waals surface area contributed by atoms with Crippen LogP contribution in [-0.2, 0) is 11.2 Å². The highest BCUT2D eigenvalue weighted by molar-refractivity contribution is 5.91. The molecule has 0 fully saturated rings. The summed E-state index contributed by atoms with van der Waals surface area (Å²) in [7, 11) is 1.45. The molecule has 3 heteroatoms. The number of esters is 1. The first-order chi connectivity index (χ1) is 18.0. The van der Waals surface area contributed by atoms with Crippen molar-refractivity contribution >= 4 is 16.7 Å². The molecule has 0 saturated carbocycles. The van der Waals surface area contributed by atoms with Gasteiger partial charge in [0, 0.05) is 12.0 Å². The molecule has 4 aromatic carbocycles. The van der Waals surface area contributed by atoms with Crippen LogP contribution in [0.3, 0.4) is 0 Å². The molecule has 0 radical (unpaired) electrons. The average Bonchev–Trinajstić information content (AvgIpc) is 2.94. The van der Waals surface area contributed by atoms with Crippen LogP contribution in [0.4, 0.5) is 0 Å². The van der Waals surface area contributed by atoms with E-state index in [2.05, 4.69) is 97.2 Å². The lowest BCUT2D eigenvalue weighted by molar-refractivity contribution is 0.0599. The summed E-state index contributed by atoms with van der Waals surface area (Å²) in [5.74, 6) is 0.672. The predicted octanol–water partition coefficient (Wildman–Crippen LogP) is 7.76. The quantitative estimate of drug-likeness (QED) is 0.202. The van der Waals surface area contributed by atoms with Gasteiger partial charge in [-0.25, -0.2) is 4.79 Å². The molecule has 0 spiro atoms. The molecule has 0 amide bonds. The van der Waals surface area contributed by atoms with Crippen molar-refractivity contribution in [2.45, 2.75) is 51.5 Å². The molecule has 1 N–H and O–H groups in total. The van der Waals surface area contributed by atoms with Crippen LogP contribution < -0.4 is 5.32 Å². The minimum absolute atomic E-state index is 0.258. The second kappa shape index (κ2) is 11.3. The van der Waals surface area contributed by atoms with Crippen LogP contribution in [0.5, 0.6) is 0 Å². The Morgan fingerprint density at radius 1 is 1.00 bits per heavy atom. The predicted molar refractivity (Wildman–Crippen MR) is 152 cm³/mol. The molecule has 3 atom stereocenters. The first-order valence-electron chi connectivity index (χ1n) is 13.5. The maximum absolute atomic E-state index is 12.4. The summed E-state index contributed by atoms with van der Waals surface area (Å²) in [6.07, 6.45) is 4.58. The fourth-order valence-corrected chi connectivity index (χ4v) is 6.08. The van der Waals surface area contributed by atoms with Crippen molar-refractivity contribution in [1.29, 1.82) is 0 Å². The van der Waals surface area contributed by atoms with Crippen LogP contribution in [0.25, 0.3) is 10.8 Å². The lowest BCUT2D eigenvalue weighted by Gasteiger charge is -2.32. The van der Waals surface area contributed by atoms with Gasteiger partial charge in [-0.05, 0) is 96.6 Å². The molecular weight excluding hydrogens is 454 g/mol. The van der Waals surface area contributed by atoms with Gasteiger partial charge >= 0.3 is 5.97 Å². The number of hydrogen-bond donors (Lipinski definition) is 1. The second-order valence-corrected chi connectivity index (χ2v) is 10.5. The van der Waals surface area contributed by atoms with Gasteiger partial charge in [0.25, 0.3) is 0 Å². The van der Waals surface area contributed by atoms with Gasteiger partial charge in [-0.2, -0.15) is 0 Å². The number of carbonyl (C=O) groups is 1. The zero-order chi connectivity index (χ0) is 25.8. The Kier molecular flexibility index (Phi) is 7.71. The maximum atomic E-state index is 12.4.